The summed E-state index contributed by atoms with van der Waals surface area (Å²) in [6, 6.07) is 2.50. The molecular weight excluding hydrogens is 254 g/mol. The highest BCUT2D eigenvalue weighted by Crippen LogP contribution is 2.27. The average molecular weight is 270 g/mol. The number of alkyl halides is 1. The van der Waals surface area contributed by atoms with Gasteiger partial charge in [0.1, 0.15) is 17.0 Å². The number of anilines is 1. The van der Waals surface area contributed by atoms with E-state index in [4.69, 9.17) is 11.6 Å². The fraction of sp³-hybridized carbons (Fsp3) is 0.500. The van der Waals surface area contributed by atoms with Crippen molar-refractivity contribution in [2.75, 3.05) is 17.3 Å². The molecule has 0 radical (unpaired) electrons. The molecular formula is C12H16ClN3S. The predicted octanol–water partition coefficient (Wildman–Crippen LogP) is 3.54. The molecule has 2 heterocycles. The number of aromatic nitrogens is 2. The Morgan fingerprint density at radius 1 is 1.41 bits per heavy atom. The average Bonchev–Trinajstić information content (AvgIpc) is 2.77. The first-order chi connectivity index (χ1) is 8.24. The van der Waals surface area contributed by atoms with E-state index < -0.39 is 0 Å². The third kappa shape index (κ3) is 2.69. The van der Waals surface area contributed by atoms with Crippen LogP contribution in [0.3, 0.4) is 0 Å². The molecule has 2 aromatic rings. The molecule has 0 bridgehead atoms. The minimum atomic E-state index is 0.413. The van der Waals surface area contributed by atoms with Gasteiger partial charge in [-0.25, -0.2) is 9.97 Å². The van der Waals surface area contributed by atoms with E-state index in [1.807, 2.05) is 0 Å². The normalized spacial score (nSPS) is 11.3. The second-order valence-corrected chi connectivity index (χ2v) is 5.44. The minimum absolute atomic E-state index is 0.413. The molecule has 0 unspecified atom stereocenters. The Morgan fingerprint density at radius 2 is 2.24 bits per heavy atom. The van der Waals surface area contributed by atoms with Crippen LogP contribution in [0, 0.1) is 0 Å². The van der Waals surface area contributed by atoms with Crippen molar-refractivity contribution in [3.8, 4) is 0 Å². The molecule has 5 heteroatoms. The molecule has 2 rings (SSSR count). The fourth-order valence-electron chi connectivity index (χ4n) is 1.84. The molecule has 0 aliphatic carbocycles. The number of hydrogen-bond donors (Lipinski definition) is 0. The van der Waals surface area contributed by atoms with E-state index in [0.29, 0.717) is 11.9 Å². The number of hydrogen-bond acceptors (Lipinski definition) is 4. The van der Waals surface area contributed by atoms with Crippen LogP contribution in [0.2, 0.25) is 0 Å². The second kappa shape index (κ2) is 5.65. The first-order valence-electron chi connectivity index (χ1n) is 5.75. The van der Waals surface area contributed by atoms with Gasteiger partial charge in [-0.1, -0.05) is 0 Å². The quantitative estimate of drug-likeness (QED) is 0.778. The van der Waals surface area contributed by atoms with Crippen molar-refractivity contribution < 1.29 is 0 Å². The van der Waals surface area contributed by atoms with Gasteiger partial charge in [0.15, 0.2) is 0 Å². The summed E-state index contributed by atoms with van der Waals surface area (Å²) in [5.41, 5.74) is 0. The van der Waals surface area contributed by atoms with Crippen molar-refractivity contribution in [3.05, 3.63) is 17.8 Å². The molecule has 0 aromatic carbocycles. The number of halogens is 1. The molecule has 0 saturated heterocycles. The summed E-state index contributed by atoms with van der Waals surface area (Å²) in [5.74, 6) is 1.71. The van der Waals surface area contributed by atoms with Gasteiger partial charge < -0.3 is 4.90 Å². The minimum Gasteiger partial charge on any atom is -0.354 e. The standard InChI is InChI=1S/C12H16ClN3S/c1-9(2)16(6-3-5-13)11-10-4-7-17-12(10)15-8-14-11/h4,7-9H,3,5-6H2,1-2H3. The lowest BCUT2D eigenvalue weighted by atomic mass is 10.2. The molecule has 0 spiro atoms. The maximum atomic E-state index is 5.78. The number of fused-ring (bicyclic) bond motifs is 1. The van der Waals surface area contributed by atoms with Gasteiger partial charge in [-0.15, -0.1) is 22.9 Å². The Labute approximate surface area is 110 Å². The number of nitrogens with zero attached hydrogens (tertiary/aromatic N) is 3. The van der Waals surface area contributed by atoms with Crippen LogP contribution < -0.4 is 4.90 Å². The van der Waals surface area contributed by atoms with E-state index in [-0.39, 0.29) is 0 Å². The smallest absolute Gasteiger partial charge is 0.140 e. The highest BCUT2D eigenvalue weighted by molar-refractivity contribution is 7.16. The van der Waals surface area contributed by atoms with Crippen molar-refractivity contribution in [2.45, 2.75) is 26.3 Å². The van der Waals surface area contributed by atoms with Crippen molar-refractivity contribution in [3.63, 3.8) is 0 Å². The van der Waals surface area contributed by atoms with Gasteiger partial charge in [0.25, 0.3) is 0 Å². The Hall–Kier alpha value is -0.870. The van der Waals surface area contributed by atoms with Gasteiger partial charge in [-0.05, 0) is 31.7 Å². The zero-order valence-corrected chi connectivity index (χ0v) is 11.6. The third-order valence-electron chi connectivity index (χ3n) is 2.67. The van der Waals surface area contributed by atoms with Crippen LogP contribution in [0.4, 0.5) is 5.82 Å². The Bertz CT molecular complexity index is 483. The summed E-state index contributed by atoms with van der Waals surface area (Å²) in [6.07, 6.45) is 2.61. The summed E-state index contributed by atoms with van der Waals surface area (Å²) in [6.45, 7) is 5.28. The zero-order valence-electron chi connectivity index (χ0n) is 10.1. The maximum Gasteiger partial charge on any atom is 0.140 e. The van der Waals surface area contributed by atoms with Crippen LogP contribution >= 0.6 is 22.9 Å². The van der Waals surface area contributed by atoms with Gasteiger partial charge in [0.2, 0.25) is 0 Å². The number of thiophene rings is 1. The Balaban J connectivity index is 2.37. The summed E-state index contributed by atoms with van der Waals surface area (Å²) in [4.78, 5) is 12.0. The van der Waals surface area contributed by atoms with Crippen molar-refractivity contribution in [2.24, 2.45) is 0 Å². The summed E-state index contributed by atoms with van der Waals surface area (Å²) >= 11 is 7.43. The third-order valence-corrected chi connectivity index (χ3v) is 3.76. The van der Waals surface area contributed by atoms with Gasteiger partial charge in [-0.2, -0.15) is 0 Å². The molecule has 0 atom stereocenters. The van der Waals surface area contributed by atoms with Crippen LogP contribution in [0.25, 0.3) is 10.2 Å². The van der Waals surface area contributed by atoms with Gasteiger partial charge in [-0.3, -0.25) is 0 Å². The van der Waals surface area contributed by atoms with E-state index in [9.17, 15) is 0 Å². The van der Waals surface area contributed by atoms with Crippen LogP contribution in [-0.4, -0.2) is 28.4 Å². The van der Waals surface area contributed by atoms with E-state index in [0.717, 1.165) is 29.0 Å². The first-order valence-corrected chi connectivity index (χ1v) is 7.16. The zero-order chi connectivity index (χ0) is 12.3. The molecule has 0 aliphatic rings. The van der Waals surface area contributed by atoms with Crippen LogP contribution in [0.1, 0.15) is 20.3 Å². The molecule has 0 saturated carbocycles. The summed E-state index contributed by atoms with van der Waals surface area (Å²) in [7, 11) is 0. The predicted molar refractivity (Wildman–Crippen MR) is 75.2 cm³/mol. The van der Waals surface area contributed by atoms with Crippen LogP contribution in [-0.2, 0) is 0 Å². The lowest BCUT2D eigenvalue weighted by molar-refractivity contribution is 0.666. The fourth-order valence-corrected chi connectivity index (χ4v) is 2.69. The largest absolute Gasteiger partial charge is 0.354 e. The van der Waals surface area contributed by atoms with E-state index in [1.54, 1.807) is 17.7 Å². The first kappa shape index (κ1) is 12.6. The van der Waals surface area contributed by atoms with Gasteiger partial charge in [0.05, 0.1) is 5.39 Å². The monoisotopic (exact) mass is 269 g/mol. The molecule has 0 amide bonds. The lowest BCUT2D eigenvalue weighted by Crippen LogP contribution is -2.32. The van der Waals surface area contributed by atoms with E-state index >= 15 is 0 Å². The van der Waals surface area contributed by atoms with E-state index in [1.165, 1.54) is 0 Å². The van der Waals surface area contributed by atoms with Crippen molar-refractivity contribution in [1.29, 1.82) is 0 Å². The van der Waals surface area contributed by atoms with Crippen molar-refractivity contribution >= 4 is 39.0 Å². The van der Waals surface area contributed by atoms with Gasteiger partial charge in [0, 0.05) is 18.5 Å². The Morgan fingerprint density at radius 3 is 2.94 bits per heavy atom. The molecule has 0 fully saturated rings. The maximum absolute atomic E-state index is 5.78. The van der Waals surface area contributed by atoms with E-state index in [2.05, 4.69) is 40.2 Å². The highest BCUT2D eigenvalue weighted by Gasteiger charge is 2.15. The summed E-state index contributed by atoms with van der Waals surface area (Å²) in [5, 5.41) is 3.20. The van der Waals surface area contributed by atoms with Crippen molar-refractivity contribution in [1.82, 2.24) is 9.97 Å². The molecule has 92 valence electrons. The van der Waals surface area contributed by atoms with Crippen LogP contribution in [0.15, 0.2) is 17.8 Å². The molecule has 0 aliphatic heterocycles. The molecule has 17 heavy (non-hydrogen) atoms. The number of rotatable bonds is 5. The SMILES string of the molecule is CC(C)N(CCCCl)c1ncnc2sccc12. The topological polar surface area (TPSA) is 29.0 Å². The molecule has 2 aromatic heterocycles. The highest BCUT2D eigenvalue weighted by atomic mass is 35.5. The molecule has 3 nitrogen and oxygen atoms in total. The summed E-state index contributed by atoms with van der Waals surface area (Å²) < 4.78 is 0. The lowest BCUT2D eigenvalue weighted by Gasteiger charge is -2.28. The Kier molecular flexibility index (Phi) is 4.18. The molecule has 0 N–H and O–H groups in total. The second-order valence-electron chi connectivity index (χ2n) is 4.17. The van der Waals surface area contributed by atoms with Gasteiger partial charge >= 0.3 is 0 Å². The van der Waals surface area contributed by atoms with Crippen LogP contribution in [0.5, 0.6) is 0 Å².